The third-order valence-electron chi connectivity index (χ3n) is 3.05. The van der Waals surface area contributed by atoms with Gasteiger partial charge >= 0.3 is 0 Å². The predicted octanol–water partition coefficient (Wildman–Crippen LogP) is -0.238. The van der Waals surface area contributed by atoms with E-state index in [2.05, 4.69) is 5.32 Å². The Hall–Kier alpha value is -1.68. The lowest BCUT2D eigenvalue weighted by molar-refractivity contribution is -0.384. The SMILES string of the molecule is CSC[C@H](N)C(=O)NC[C@H](N)[C@@H](O)c1ccc([N+](=O)[O-])cc1. The van der Waals surface area contributed by atoms with Gasteiger partial charge in [-0.3, -0.25) is 14.9 Å². The molecule has 9 heteroatoms. The smallest absolute Gasteiger partial charge is 0.269 e. The van der Waals surface area contributed by atoms with Crippen LogP contribution in [-0.4, -0.2) is 46.6 Å². The van der Waals surface area contributed by atoms with Gasteiger partial charge in [-0.1, -0.05) is 0 Å². The van der Waals surface area contributed by atoms with Crippen LogP contribution in [0.2, 0.25) is 0 Å². The van der Waals surface area contributed by atoms with Crippen molar-refractivity contribution >= 4 is 23.4 Å². The molecule has 6 N–H and O–H groups in total. The number of aliphatic hydroxyl groups is 1. The van der Waals surface area contributed by atoms with Crippen LogP contribution in [0.4, 0.5) is 5.69 Å². The highest BCUT2D eigenvalue weighted by molar-refractivity contribution is 7.98. The Morgan fingerprint density at radius 2 is 2.00 bits per heavy atom. The van der Waals surface area contributed by atoms with Gasteiger partial charge in [0.2, 0.25) is 5.91 Å². The first-order chi connectivity index (χ1) is 10.4. The monoisotopic (exact) mass is 328 g/mol. The average molecular weight is 328 g/mol. The molecule has 3 atom stereocenters. The number of rotatable bonds is 8. The minimum absolute atomic E-state index is 0.0546. The van der Waals surface area contributed by atoms with Crippen LogP contribution in [0.15, 0.2) is 24.3 Å². The Bertz CT molecular complexity index is 511. The zero-order valence-corrected chi connectivity index (χ0v) is 13.0. The van der Waals surface area contributed by atoms with E-state index in [0.717, 1.165) is 0 Å². The van der Waals surface area contributed by atoms with Crippen LogP contribution in [0.25, 0.3) is 0 Å². The summed E-state index contributed by atoms with van der Waals surface area (Å²) in [6, 6.07) is 4.08. The summed E-state index contributed by atoms with van der Waals surface area (Å²) in [6.45, 7) is 0.0546. The zero-order chi connectivity index (χ0) is 16.7. The van der Waals surface area contributed by atoms with Crippen LogP contribution >= 0.6 is 11.8 Å². The Labute approximate surface area is 132 Å². The molecule has 0 aliphatic carbocycles. The van der Waals surface area contributed by atoms with Crippen LogP contribution in [0.5, 0.6) is 0 Å². The van der Waals surface area contributed by atoms with Crippen LogP contribution in [0.1, 0.15) is 11.7 Å². The Balaban J connectivity index is 2.56. The Kier molecular flexibility index (Phi) is 7.25. The second kappa shape index (κ2) is 8.69. The van der Waals surface area contributed by atoms with Crippen molar-refractivity contribution in [2.75, 3.05) is 18.6 Å². The molecule has 1 aromatic carbocycles. The molecular formula is C13H20N4O4S. The maximum atomic E-state index is 11.7. The van der Waals surface area contributed by atoms with Crippen LogP contribution in [-0.2, 0) is 4.79 Å². The molecule has 0 spiro atoms. The van der Waals surface area contributed by atoms with Crippen molar-refractivity contribution in [1.29, 1.82) is 0 Å². The first kappa shape index (κ1) is 18.4. The molecule has 0 radical (unpaired) electrons. The number of carbonyl (C=O) groups excluding carboxylic acids is 1. The molecule has 22 heavy (non-hydrogen) atoms. The van der Waals surface area contributed by atoms with E-state index in [1.54, 1.807) is 0 Å². The number of thioether (sulfide) groups is 1. The number of aliphatic hydroxyl groups excluding tert-OH is 1. The number of nitro benzene ring substituents is 1. The standard InChI is InChI=1S/C13H20N4O4S/c1-22-7-11(15)13(19)16-6-10(14)12(18)8-2-4-9(5-3-8)17(20)21/h2-5,10-12,18H,6-7,14-15H2,1H3,(H,16,19)/t10-,11-,12-/m0/s1. The number of nitrogens with zero attached hydrogens (tertiary/aromatic N) is 1. The first-order valence-electron chi connectivity index (χ1n) is 6.57. The number of nitrogens with one attached hydrogen (secondary N) is 1. The summed E-state index contributed by atoms with van der Waals surface area (Å²) in [7, 11) is 0. The number of benzene rings is 1. The third-order valence-corrected chi connectivity index (χ3v) is 3.74. The maximum Gasteiger partial charge on any atom is 0.269 e. The molecule has 0 bridgehead atoms. The third kappa shape index (κ3) is 5.26. The van der Waals surface area contributed by atoms with Gasteiger partial charge in [0, 0.05) is 24.4 Å². The van der Waals surface area contributed by atoms with E-state index in [0.29, 0.717) is 11.3 Å². The topological polar surface area (TPSA) is 145 Å². The molecular weight excluding hydrogens is 308 g/mol. The molecule has 0 aliphatic heterocycles. The normalized spacial score (nSPS) is 14.9. The quantitative estimate of drug-likeness (QED) is 0.381. The summed E-state index contributed by atoms with van der Waals surface area (Å²) in [5.41, 5.74) is 11.8. The number of amides is 1. The van der Waals surface area contributed by atoms with Gasteiger partial charge in [0.1, 0.15) is 0 Å². The highest BCUT2D eigenvalue weighted by Crippen LogP contribution is 2.19. The van der Waals surface area contributed by atoms with E-state index in [-0.39, 0.29) is 18.1 Å². The number of hydrogen-bond donors (Lipinski definition) is 4. The van der Waals surface area contributed by atoms with Gasteiger partial charge in [0.25, 0.3) is 5.69 Å². The van der Waals surface area contributed by atoms with E-state index in [1.165, 1.54) is 36.0 Å². The van der Waals surface area contributed by atoms with Gasteiger partial charge in [-0.25, -0.2) is 0 Å². The number of nitrogens with two attached hydrogens (primary N) is 2. The van der Waals surface area contributed by atoms with Gasteiger partial charge in [-0.05, 0) is 24.0 Å². The summed E-state index contributed by atoms with van der Waals surface area (Å²) in [5.74, 6) is 0.159. The van der Waals surface area contributed by atoms with Crippen LogP contribution < -0.4 is 16.8 Å². The molecule has 0 aliphatic rings. The summed E-state index contributed by atoms with van der Waals surface area (Å²) in [6.07, 6.45) is 0.801. The van der Waals surface area contributed by atoms with Gasteiger partial charge in [0.15, 0.2) is 0 Å². The fourth-order valence-corrected chi connectivity index (χ4v) is 2.27. The summed E-state index contributed by atoms with van der Waals surface area (Å²) in [4.78, 5) is 21.7. The number of non-ortho nitro benzene ring substituents is 1. The first-order valence-corrected chi connectivity index (χ1v) is 7.96. The van der Waals surface area contributed by atoms with E-state index >= 15 is 0 Å². The van der Waals surface area contributed by atoms with Gasteiger partial charge in [-0.2, -0.15) is 11.8 Å². The zero-order valence-electron chi connectivity index (χ0n) is 12.1. The minimum atomic E-state index is -1.04. The molecule has 0 aromatic heterocycles. The van der Waals surface area contributed by atoms with Crippen molar-refractivity contribution in [2.24, 2.45) is 11.5 Å². The second-order valence-electron chi connectivity index (χ2n) is 4.76. The van der Waals surface area contributed by atoms with Crippen molar-refractivity contribution in [3.8, 4) is 0 Å². The molecule has 1 aromatic rings. The van der Waals surface area contributed by atoms with E-state index in [4.69, 9.17) is 11.5 Å². The largest absolute Gasteiger partial charge is 0.387 e. The molecule has 122 valence electrons. The van der Waals surface area contributed by atoms with Gasteiger partial charge < -0.3 is 21.9 Å². The minimum Gasteiger partial charge on any atom is -0.387 e. The van der Waals surface area contributed by atoms with E-state index < -0.39 is 23.1 Å². The van der Waals surface area contributed by atoms with Crippen LogP contribution in [0, 0.1) is 10.1 Å². The van der Waals surface area contributed by atoms with Gasteiger partial charge in [0.05, 0.1) is 23.1 Å². The molecule has 0 saturated heterocycles. The lowest BCUT2D eigenvalue weighted by Crippen LogP contribution is -2.47. The van der Waals surface area contributed by atoms with Crippen molar-refractivity contribution in [1.82, 2.24) is 5.32 Å². The Morgan fingerprint density at radius 1 is 1.41 bits per heavy atom. The highest BCUT2D eigenvalue weighted by atomic mass is 32.2. The number of nitro groups is 1. The molecule has 0 fully saturated rings. The molecule has 8 nitrogen and oxygen atoms in total. The summed E-state index contributed by atoms with van der Waals surface area (Å²) < 4.78 is 0. The Morgan fingerprint density at radius 3 is 2.50 bits per heavy atom. The van der Waals surface area contributed by atoms with Crippen molar-refractivity contribution < 1.29 is 14.8 Å². The van der Waals surface area contributed by atoms with Crippen molar-refractivity contribution in [3.05, 3.63) is 39.9 Å². The maximum absolute atomic E-state index is 11.7. The summed E-state index contributed by atoms with van der Waals surface area (Å²) >= 11 is 1.46. The number of carbonyl (C=O) groups is 1. The second-order valence-corrected chi connectivity index (χ2v) is 5.68. The fourth-order valence-electron chi connectivity index (χ4n) is 1.76. The fraction of sp³-hybridized carbons (Fsp3) is 0.462. The number of hydrogen-bond acceptors (Lipinski definition) is 7. The molecule has 0 heterocycles. The molecule has 1 rings (SSSR count). The average Bonchev–Trinajstić information content (AvgIpc) is 2.51. The van der Waals surface area contributed by atoms with Gasteiger partial charge in [-0.15, -0.1) is 0 Å². The molecule has 0 unspecified atom stereocenters. The van der Waals surface area contributed by atoms with E-state index in [1.807, 2.05) is 6.26 Å². The highest BCUT2D eigenvalue weighted by Gasteiger charge is 2.20. The molecule has 0 saturated carbocycles. The lowest BCUT2D eigenvalue weighted by Gasteiger charge is -2.20. The van der Waals surface area contributed by atoms with Crippen molar-refractivity contribution in [3.63, 3.8) is 0 Å². The lowest BCUT2D eigenvalue weighted by atomic mass is 10.0. The predicted molar refractivity (Wildman–Crippen MR) is 85.4 cm³/mol. The summed E-state index contributed by atoms with van der Waals surface area (Å²) in [5, 5.41) is 23.2. The molecule has 1 amide bonds. The van der Waals surface area contributed by atoms with Crippen LogP contribution in [0.3, 0.4) is 0 Å². The van der Waals surface area contributed by atoms with Crippen molar-refractivity contribution in [2.45, 2.75) is 18.2 Å². The van der Waals surface area contributed by atoms with E-state index in [9.17, 15) is 20.0 Å².